The summed E-state index contributed by atoms with van der Waals surface area (Å²) in [5, 5.41) is 9.77. The molecule has 112 valence electrons. The number of carbonyl (C=O) groups excluding carboxylic acids is 3. The minimum absolute atomic E-state index is 0.00396. The Hall–Kier alpha value is -2.02. The Balaban J connectivity index is 2.10. The Morgan fingerprint density at radius 2 is 2.05 bits per heavy atom. The molecule has 1 atom stereocenters. The van der Waals surface area contributed by atoms with Crippen molar-refractivity contribution < 1.29 is 24.2 Å². The fourth-order valence-corrected chi connectivity index (χ4v) is 2.88. The first kappa shape index (κ1) is 15.4. The van der Waals surface area contributed by atoms with Crippen LogP contribution in [-0.4, -0.2) is 35.4 Å². The molecule has 0 bridgehead atoms. The van der Waals surface area contributed by atoms with Gasteiger partial charge in [-0.25, -0.2) is 4.90 Å². The Morgan fingerprint density at radius 3 is 2.62 bits per heavy atom. The van der Waals surface area contributed by atoms with Crippen LogP contribution < -0.4 is 14.7 Å². The average Bonchev–Trinajstić information content (AvgIpc) is 2.73. The van der Waals surface area contributed by atoms with Crippen molar-refractivity contribution in [1.29, 1.82) is 0 Å². The minimum atomic E-state index is -1.25. The average molecular weight is 308 g/mol. The van der Waals surface area contributed by atoms with E-state index in [0.717, 1.165) is 16.7 Å². The zero-order valence-corrected chi connectivity index (χ0v) is 12.2. The van der Waals surface area contributed by atoms with Crippen LogP contribution in [0, 0.1) is 0 Å². The summed E-state index contributed by atoms with van der Waals surface area (Å²) < 4.78 is 5.30. The van der Waals surface area contributed by atoms with E-state index in [0.29, 0.717) is 18.0 Å². The van der Waals surface area contributed by atoms with Crippen molar-refractivity contribution in [3.8, 4) is 5.75 Å². The molecular formula is C14H14NO5S-. The van der Waals surface area contributed by atoms with Gasteiger partial charge in [0, 0.05) is 12.2 Å². The first-order valence-corrected chi connectivity index (χ1v) is 7.49. The van der Waals surface area contributed by atoms with E-state index in [-0.39, 0.29) is 18.1 Å². The number of rotatable bonds is 6. The predicted molar refractivity (Wildman–Crippen MR) is 76.0 cm³/mol. The van der Waals surface area contributed by atoms with Gasteiger partial charge in [0.15, 0.2) is 0 Å². The summed E-state index contributed by atoms with van der Waals surface area (Å²) in [4.78, 5) is 35.7. The highest BCUT2D eigenvalue weighted by molar-refractivity contribution is 8.01. The first-order valence-electron chi connectivity index (χ1n) is 6.44. The fourth-order valence-electron chi connectivity index (χ4n) is 2.03. The van der Waals surface area contributed by atoms with E-state index in [1.54, 1.807) is 24.3 Å². The molecule has 1 saturated heterocycles. The second-order valence-corrected chi connectivity index (χ2v) is 5.56. The monoisotopic (exact) mass is 308 g/mol. The number of hydrogen-bond donors (Lipinski definition) is 0. The van der Waals surface area contributed by atoms with Crippen LogP contribution in [-0.2, 0) is 14.4 Å². The quantitative estimate of drug-likeness (QED) is 0.698. The number of benzene rings is 1. The third-order valence-corrected chi connectivity index (χ3v) is 4.09. The molecule has 1 aliphatic heterocycles. The van der Waals surface area contributed by atoms with Crippen LogP contribution in [0.2, 0.25) is 0 Å². The number of thioether (sulfide) groups is 1. The van der Waals surface area contributed by atoms with Gasteiger partial charge in [0.2, 0.25) is 11.8 Å². The van der Waals surface area contributed by atoms with Crippen LogP contribution >= 0.6 is 11.8 Å². The molecule has 0 aromatic heterocycles. The van der Waals surface area contributed by atoms with Gasteiger partial charge in [-0.2, -0.15) is 0 Å². The van der Waals surface area contributed by atoms with Crippen LogP contribution in [0.5, 0.6) is 5.75 Å². The van der Waals surface area contributed by atoms with Crippen LogP contribution in [0.1, 0.15) is 13.3 Å². The number of anilines is 1. The Labute approximate surface area is 126 Å². The fraction of sp³-hybridized carbons (Fsp3) is 0.357. The molecule has 1 aromatic rings. The molecule has 0 spiro atoms. The highest BCUT2D eigenvalue weighted by Gasteiger charge is 2.39. The van der Waals surface area contributed by atoms with E-state index in [4.69, 9.17) is 4.74 Å². The molecule has 1 aliphatic rings. The van der Waals surface area contributed by atoms with Crippen molar-refractivity contribution in [1.82, 2.24) is 0 Å². The van der Waals surface area contributed by atoms with Crippen molar-refractivity contribution in [3.05, 3.63) is 24.3 Å². The van der Waals surface area contributed by atoms with Gasteiger partial charge in [0.05, 0.1) is 23.5 Å². The maximum absolute atomic E-state index is 12.2. The van der Waals surface area contributed by atoms with Gasteiger partial charge in [-0.15, -0.1) is 11.8 Å². The number of carboxylic acid groups (broad SMARTS) is 1. The van der Waals surface area contributed by atoms with Crippen molar-refractivity contribution in [2.45, 2.75) is 18.6 Å². The van der Waals surface area contributed by atoms with E-state index < -0.39 is 17.1 Å². The predicted octanol–water partition coefficient (Wildman–Crippen LogP) is 0.200. The number of ether oxygens (including phenoxy) is 1. The lowest BCUT2D eigenvalue weighted by molar-refractivity contribution is -0.301. The number of imide groups is 1. The Morgan fingerprint density at radius 1 is 1.38 bits per heavy atom. The van der Waals surface area contributed by atoms with Gasteiger partial charge in [-0.1, -0.05) is 0 Å². The molecule has 1 heterocycles. The van der Waals surface area contributed by atoms with Crippen LogP contribution in [0.4, 0.5) is 5.69 Å². The highest BCUT2D eigenvalue weighted by Crippen LogP contribution is 2.30. The number of nitrogens with zero attached hydrogens (tertiary/aromatic N) is 1. The van der Waals surface area contributed by atoms with Gasteiger partial charge in [0.25, 0.3) is 0 Å². The molecule has 21 heavy (non-hydrogen) atoms. The second kappa shape index (κ2) is 6.62. The standard InChI is InChI=1S/C14H15NO5S/c1-2-20-10-5-3-9(4-6-10)15-12(16)7-11(14(15)19)21-8-13(17)18/h3-6,11H,2,7-8H2,1H3,(H,17,18)/p-1/t11-/m0/s1. The summed E-state index contributed by atoms with van der Waals surface area (Å²) in [5.41, 5.74) is 0.463. The summed E-state index contributed by atoms with van der Waals surface area (Å²) in [7, 11) is 0. The van der Waals surface area contributed by atoms with Crippen molar-refractivity contribution in [2.75, 3.05) is 17.3 Å². The molecule has 0 unspecified atom stereocenters. The van der Waals surface area contributed by atoms with Crippen LogP contribution in [0.25, 0.3) is 0 Å². The number of amides is 2. The zero-order valence-electron chi connectivity index (χ0n) is 11.4. The van der Waals surface area contributed by atoms with Crippen LogP contribution in [0.3, 0.4) is 0 Å². The minimum Gasteiger partial charge on any atom is -0.549 e. The first-order chi connectivity index (χ1) is 10.0. The summed E-state index contributed by atoms with van der Waals surface area (Å²) >= 11 is 0.915. The molecule has 7 heteroatoms. The van der Waals surface area contributed by atoms with Gasteiger partial charge in [0.1, 0.15) is 5.75 Å². The SMILES string of the molecule is CCOc1ccc(N2C(=O)C[C@H](SCC(=O)[O-])C2=O)cc1. The van der Waals surface area contributed by atoms with E-state index in [1.807, 2.05) is 6.92 Å². The number of carboxylic acids is 1. The van der Waals surface area contributed by atoms with Crippen molar-refractivity contribution in [2.24, 2.45) is 0 Å². The summed E-state index contributed by atoms with van der Waals surface area (Å²) in [6.07, 6.45) is 0.00396. The van der Waals surface area contributed by atoms with E-state index in [9.17, 15) is 19.5 Å². The molecular weight excluding hydrogens is 294 g/mol. The normalized spacial score (nSPS) is 18.1. The maximum atomic E-state index is 12.2. The number of carbonyl (C=O) groups is 3. The number of hydrogen-bond acceptors (Lipinski definition) is 6. The molecule has 1 aromatic carbocycles. The molecule has 2 amide bonds. The van der Waals surface area contributed by atoms with E-state index in [2.05, 4.69) is 0 Å². The van der Waals surface area contributed by atoms with Crippen molar-refractivity contribution >= 4 is 35.2 Å². The second-order valence-electron chi connectivity index (χ2n) is 4.37. The molecule has 0 radical (unpaired) electrons. The number of aliphatic carboxylic acids is 1. The third-order valence-electron chi connectivity index (χ3n) is 2.91. The third kappa shape index (κ3) is 3.55. The summed E-state index contributed by atoms with van der Waals surface area (Å²) in [5.74, 6) is -1.63. The summed E-state index contributed by atoms with van der Waals surface area (Å²) in [6.45, 7) is 2.39. The van der Waals surface area contributed by atoms with Gasteiger partial charge >= 0.3 is 0 Å². The molecule has 6 nitrogen and oxygen atoms in total. The Kier molecular flexibility index (Phi) is 4.85. The maximum Gasteiger partial charge on any atom is 0.247 e. The van der Waals surface area contributed by atoms with E-state index in [1.165, 1.54) is 0 Å². The smallest absolute Gasteiger partial charge is 0.247 e. The van der Waals surface area contributed by atoms with Crippen LogP contribution in [0.15, 0.2) is 24.3 Å². The molecule has 1 fully saturated rings. The molecule has 0 N–H and O–H groups in total. The van der Waals surface area contributed by atoms with Gasteiger partial charge in [-0.05, 0) is 31.2 Å². The summed E-state index contributed by atoms with van der Waals surface area (Å²) in [6, 6.07) is 6.63. The molecule has 0 aliphatic carbocycles. The van der Waals surface area contributed by atoms with E-state index >= 15 is 0 Å². The van der Waals surface area contributed by atoms with Gasteiger partial charge < -0.3 is 14.6 Å². The largest absolute Gasteiger partial charge is 0.549 e. The van der Waals surface area contributed by atoms with Crippen molar-refractivity contribution in [3.63, 3.8) is 0 Å². The molecule has 2 rings (SSSR count). The zero-order chi connectivity index (χ0) is 15.4. The van der Waals surface area contributed by atoms with Gasteiger partial charge in [-0.3, -0.25) is 9.59 Å². The lowest BCUT2D eigenvalue weighted by atomic mass is 10.3. The lowest BCUT2D eigenvalue weighted by Gasteiger charge is -2.15. The topological polar surface area (TPSA) is 86.7 Å². The molecule has 0 saturated carbocycles. The Bertz CT molecular complexity index is 557. The highest BCUT2D eigenvalue weighted by atomic mass is 32.2. The lowest BCUT2D eigenvalue weighted by Crippen LogP contribution is -2.32.